The normalized spacial score (nSPS) is 10.8. The summed E-state index contributed by atoms with van der Waals surface area (Å²) in [5.41, 5.74) is 6.93. The minimum Gasteiger partial charge on any atom is -0.388 e. The van der Waals surface area contributed by atoms with Crippen molar-refractivity contribution in [3.63, 3.8) is 0 Å². The highest BCUT2D eigenvalue weighted by atomic mass is 32.1. The third-order valence-electron chi connectivity index (χ3n) is 2.30. The Morgan fingerprint density at radius 3 is 3.00 bits per heavy atom. The van der Waals surface area contributed by atoms with Crippen molar-refractivity contribution in [2.24, 2.45) is 5.73 Å². The smallest absolute Gasteiger partial charge is 0.200 e. The average molecular weight is 245 g/mol. The molecule has 3 heterocycles. The molecule has 17 heavy (non-hydrogen) atoms. The number of hydrogen-bond acceptors (Lipinski definition) is 5. The maximum Gasteiger partial charge on any atom is 0.200 e. The van der Waals surface area contributed by atoms with Gasteiger partial charge in [0.25, 0.3) is 0 Å². The van der Waals surface area contributed by atoms with Crippen LogP contribution in [-0.4, -0.2) is 34.8 Å². The third-order valence-corrected chi connectivity index (χ3v) is 2.51. The molecule has 0 aliphatic heterocycles. The van der Waals surface area contributed by atoms with Gasteiger partial charge in [0.1, 0.15) is 4.99 Å². The summed E-state index contributed by atoms with van der Waals surface area (Å²) in [4.78, 5) is 0.314. The van der Waals surface area contributed by atoms with Crippen LogP contribution in [0.4, 0.5) is 0 Å². The quantitative estimate of drug-likeness (QED) is 0.637. The Hall–Kier alpha value is -2.35. The van der Waals surface area contributed by atoms with Gasteiger partial charge in [0.05, 0.1) is 5.69 Å². The molecule has 2 N–H and O–H groups in total. The van der Waals surface area contributed by atoms with Gasteiger partial charge >= 0.3 is 0 Å². The van der Waals surface area contributed by atoms with E-state index >= 15 is 0 Å². The molecule has 0 atom stereocenters. The molecule has 8 heteroatoms. The summed E-state index contributed by atoms with van der Waals surface area (Å²) in [6.07, 6.45) is 1.83. The molecule has 0 aliphatic rings. The highest BCUT2D eigenvalue weighted by Crippen LogP contribution is 2.10. The summed E-state index contributed by atoms with van der Waals surface area (Å²) < 4.78 is 3.13. The monoisotopic (exact) mass is 245 g/mol. The zero-order chi connectivity index (χ0) is 11.8. The van der Waals surface area contributed by atoms with Crippen LogP contribution in [0.1, 0.15) is 5.69 Å². The van der Waals surface area contributed by atoms with E-state index in [9.17, 15) is 0 Å². The molecule has 0 aromatic carbocycles. The van der Waals surface area contributed by atoms with Crippen LogP contribution in [0.15, 0.2) is 30.5 Å². The van der Waals surface area contributed by atoms with Crippen LogP contribution >= 0.6 is 12.2 Å². The maximum absolute atomic E-state index is 5.62. The van der Waals surface area contributed by atoms with E-state index < -0.39 is 0 Å². The Labute approximate surface area is 101 Å². The second kappa shape index (κ2) is 3.59. The Morgan fingerprint density at radius 2 is 2.18 bits per heavy atom. The minimum absolute atomic E-state index is 0.314. The van der Waals surface area contributed by atoms with Crippen LogP contribution < -0.4 is 5.73 Å². The largest absolute Gasteiger partial charge is 0.388 e. The Morgan fingerprint density at radius 1 is 1.29 bits per heavy atom. The molecule has 0 aliphatic carbocycles. The van der Waals surface area contributed by atoms with Gasteiger partial charge in [0, 0.05) is 6.20 Å². The predicted molar refractivity (Wildman–Crippen MR) is 63.8 cm³/mol. The summed E-state index contributed by atoms with van der Waals surface area (Å²) >= 11 is 4.96. The van der Waals surface area contributed by atoms with E-state index in [-0.39, 0.29) is 0 Å². The Bertz CT molecular complexity index is 698. The van der Waals surface area contributed by atoms with Crippen LogP contribution in [0.3, 0.4) is 0 Å². The van der Waals surface area contributed by atoms with Gasteiger partial charge in [-0.25, -0.2) is 0 Å². The van der Waals surface area contributed by atoms with Crippen LogP contribution in [-0.2, 0) is 0 Å². The molecule has 7 nitrogen and oxygen atoms in total. The summed E-state index contributed by atoms with van der Waals surface area (Å²) in [6.45, 7) is 0. The topological polar surface area (TPSA) is 86.9 Å². The number of nitrogens with two attached hydrogens (primary N) is 1. The van der Waals surface area contributed by atoms with Gasteiger partial charge in [-0.3, -0.25) is 4.57 Å². The highest BCUT2D eigenvalue weighted by molar-refractivity contribution is 7.80. The summed E-state index contributed by atoms with van der Waals surface area (Å²) in [5.74, 6) is 0.651. The minimum atomic E-state index is 0.314. The predicted octanol–water partition coefficient (Wildman–Crippen LogP) is -0.0558. The highest BCUT2D eigenvalue weighted by Gasteiger charge is 2.08. The second-order valence-electron chi connectivity index (χ2n) is 3.35. The number of hydrogen-bond donors (Lipinski definition) is 1. The molecule has 0 spiro atoms. The second-order valence-corrected chi connectivity index (χ2v) is 3.79. The number of fused-ring (bicyclic) bond motifs is 1. The van der Waals surface area contributed by atoms with Gasteiger partial charge in [0.15, 0.2) is 11.5 Å². The van der Waals surface area contributed by atoms with Crippen LogP contribution in [0, 0.1) is 0 Å². The van der Waals surface area contributed by atoms with Crippen molar-refractivity contribution in [1.29, 1.82) is 0 Å². The molecule has 0 saturated heterocycles. The van der Waals surface area contributed by atoms with E-state index in [1.165, 1.54) is 4.63 Å². The standard InChI is InChI=1S/C9H7N7S/c10-9(17)6-2-1-5-15(6)8-4-3-7-11-13-14-16(7)12-8/h1-5H,(H2,10,17). The van der Waals surface area contributed by atoms with Crippen molar-refractivity contribution in [2.45, 2.75) is 0 Å². The van der Waals surface area contributed by atoms with Crippen molar-refractivity contribution < 1.29 is 0 Å². The van der Waals surface area contributed by atoms with Crippen molar-refractivity contribution in [2.75, 3.05) is 0 Å². The van der Waals surface area contributed by atoms with Crippen molar-refractivity contribution >= 4 is 22.9 Å². The van der Waals surface area contributed by atoms with E-state index in [4.69, 9.17) is 18.0 Å². The fraction of sp³-hybridized carbons (Fsp3) is 0. The van der Waals surface area contributed by atoms with Gasteiger partial charge in [-0.05, 0) is 34.7 Å². The van der Waals surface area contributed by atoms with E-state index in [0.717, 1.165) is 5.69 Å². The zero-order valence-electron chi connectivity index (χ0n) is 8.56. The number of aromatic nitrogens is 6. The lowest BCUT2D eigenvalue weighted by Gasteiger charge is -2.06. The van der Waals surface area contributed by atoms with Crippen LogP contribution in [0.5, 0.6) is 0 Å². The van der Waals surface area contributed by atoms with Gasteiger partial charge in [0.2, 0.25) is 0 Å². The maximum atomic E-state index is 5.62. The molecule has 0 fully saturated rings. The molecule has 0 saturated carbocycles. The molecule has 3 rings (SSSR count). The Balaban J connectivity index is 2.19. The molecule has 3 aromatic rings. The van der Waals surface area contributed by atoms with E-state index in [2.05, 4.69) is 20.6 Å². The van der Waals surface area contributed by atoms with E-state index in [1.54, 1.807) is 16.7 Å². The first-order chi connectivity index (χ1) is 8.25. The number of thiocarbonyl (C=S) groups is 1. The van der Waals surface area contributed by atoms with Crippen LogP contribution in [0.25, 0.3) is 11.5 Å². The van der Waals surface area contributed by atoms with E-state index in [0.29, 0.717) is 16.5 Å². The van der Waals surface area contributed by atoms with E-state index in [1.807, 2.05) is 18.3 Å². The molecular formula is C9H7N7S. The van der Waals surface area contributed by atoms with Gasteiger partial charge in [-0.2, -0.15) is 0 Å². The summed E-state index contributed by atoms with van der Waals surface area (Å²) in [5, 5.41) is 15.3. The molecule has 0 radical (unpaired) electrons. The fourth-order valence-corrected chi connectivity index (χ4v) is 1.72. The Kier molecular flexibility index (Phi) is 2.08. The van der Waals surface area contributed by atoms with Gasteiger partial charge in [-0.15, -0.1) is 14.8 Å². The van der Waals surface area contributed by atoms with Crippen molar-refractivity contribution in [3.05, 3.63) is 36.2 Å². The molecule has 0 bridgehead atoms. The molecule has 0 unspecified atom stereocenters. The van der Waals surface area contributed by atoms with Gasteiger partial charge in [-0.1, -0.05) is 12.2 Å². The SMILES string of the molecule is NC(=S)c1cccn1-c1ccc2nnnn2n1. The molecule has 3 aromatic heterocycles. The van der Waals surface area contributed by atoms with Gasteiger partial charge < -0.3 is 5.73 Å². The van der Waals surface area contributed by atoms with Crippen LogP contribution in [0.2, 0.25) is 0 Å². The first kappa shape index (κ1) is 9.85. The fourth-order valence-electron chi connectivity index (χ4n) is 1.55. The summed E-state index contributed by atoms with van der Waals surface area (Å²) in [6, 6.07) is 7.24. The number of tetrazole rings is 1. The molecule has 0 amide bonds. The lowest BCUT2D eigenvalue weighted by Crippen LogP contribution is -2.15. The zero-order valence-corrected chi connectivity index (χ0v) is 9.37. The number of nitrogens with zero attached hydrogens (tertiary/aromatic N) is 6. The summed E-state index contributed by atoms with van der Waals surface area (Å²) in [7, 11) is 0. The first-order valence-electron chi connectivity index (χ1n) is 4.79. The molecule has 84 valence electrons. The average Bonchev–Trinajstić information content (AvgIpc) is 2.96. The number of rotatable bonds is 2. The molecular weight excluding hydrogens is 238 g/mol. The first-order valence-corrected chi connectivity index (χ1v) is 5.19. The lowest BCUT2D eigenvalue weighted by molar-refractivity contribution is 0.718. The third kappa shape index (κ3) is 1.54. The van der Waals surface area contributed by atoms with Crippen molar-refractivity contribution in [1.82, 2.24) is 29.8 Å². The van der Waals surface area contributed by atoms with Crippen molar-refractivity contribution in [3.8, 4) is 5.82 Å². The lowest BCUT2D eigenvalue weighted by atomic mass is 10.4.